The summed E-state index contributed by atoms with van der Waals surface area (Å²) in [5.41, 5.74) is -0.397. The summed E-state index contributed by atoms with van der Waals surface area (Å²) in [4.78, 5) is -0.693. The highest BCUT2D eigenvalue weighted by atomic mass is 35.5. The van der Waals surface area contributed by atoms with Crippen LogP contribution >= 0.6 is 11.6 Å². The number of hydrogen-bond acceptors (Lipinski definition) is 2. The van der Waals surface area contributed by atoms with Crippen LogP contribution in [0.4, 0.5) is 8.78 Å². The van der Waals surface area contributed by atoms with Crippen LogP contribution in [0.3, 0.4) is 0 Å². The van der Waals surface area contributed by atoms with Gasteiger partial charge in [0, 0.05) is 11.9 Å². The van der Waals surface area contributed by atoms with Crippen molar-refractivity contribution in [2.24, 2.45) is 5.41 Å². The molecule has 7 heteroatoms. The number of alkyl halides is 1. The van der Waals surface area contributed by atoms with Gasteiger partial charge in [0.1, 0.15) is 16.5 Å². The quantitative estimate of drug-likeness (QED) is 0.844. The van der Waals surface area contributed by atoms with E-state index in [2.05, 4.69) is 4.72 Å². The van der Waals surface area contributed by atoms with Gasteiger partial charge in [0.2, 0.25) is 10.0 Å². The third kappa shape index (κ3) is 4.40. The molecule has 0 amide bonds. The van der Waals surface area contributed by atoms with E-state index in [-0.39, 0.29) is 5.88 Å². The first kappa shape index (κ1) is 17.3. The Bertz CT molecular complexity index is 570. The van der Waals surface area contributed by atoms with Gasteiger partial charge < -0.3 is 0 Å². The molecule has 0 saturated heterocycles. The third-order valence-electron chi connectivity index (χ3n) is 2.92. The van der Waals surface area contributed by atoms with Crippen LogP contribution in [0.2, 0.25) is 0 Å². The van der Waals surface area contributed by atoms with E-state index in [1.165, 1.54) is 0 Å². The summed E-state index contributed by atoms with van der Waals surface area (Å²) in [5, 5.41) is 0. The Balaban J connectivity index is 3.13. The molecule has 0 bridgehead atoms. The minimum Gasteiger partial charge on any atom is -0.207 e. The molecular weight excluding hydrogens is 308 g/mol. The average Bonchev–Trinajstić information content (AvgIpc) is 2.30. The molecular formula is C13H18ClF2NO2S. The van der Waals surface area contributed by atoms with Gasteiger partial charge in [-0.1, -0.05) is 20.8 Å². The Morgan fingerprint density at radius 1 is 1.30 bits per heavy atom. The lowest BCUT2D eigenvalue weighted by molar-refractivity contribution is 0.292. The topological polar surface area (TPSA) is 46.2 Å². The number of rotatable bonds is 5. The summed E-state index contributed by atoms with van der Waals surface area (Å²) in [6.45, 7) is 5.53. The lowest BCUT2D eigenvalue weighted by atomic mass is 9.86. The monoisotopic (exact) mass is 325 g/mol. The molecule has 1 rings (SSSR count). The number of sulfonamides is 1. The van der Waals surface area contributed by atoms with Crippen LogP contribution in [0.15, 0.2) is 23.1 Å². The molecule has 3 nitrogen and oxygen atoms in total. The highest BCUT2D eigenvalue weighted by Gasteiger charge is 2.30. The summed E-state index contributed by atoms with van der Waals surface area (Å²) in [6, 6.07) is 1.84. The van der Waals surface area contributed by atoms with E-state index in [1.807, 2.05) is 20.8 Å². The second kappa shape index (κ2) is 6.37. The number of halogens is 3. The molecule has 0 fully saturated rings. The highest BCUT2D eigenvalue weighted by molar-refractivity contribution is 7.89. The summed E-state index contributed by atoms with van der Waals surface area (Å²) in [5.74, 6) is -1.54. The largest absolute Gasteiger partial charge is 0.243 e. The molecule has 1 atom stereocenters. The molecule has 0 spiro atoms. The van der Waals surface area contributed by atoms with Crippen molar-refractivity contribution in [2.75, 3.05) is 5.88 Å². The van der Waals surface area contributed by atoms with Crippen LogP contribution in [0.5, 0.6) is 0 Å². The van der Waals surface area contributed by atoms with E-state index in [0.717, 1.165) is 12.1 Å². The van der Waals surface area contributed by atoms with E-state index < -0.39 is 38.0 Å². The highest BCUT2D eigenvalue weighted by Crippen LogP contribution is 2.25. The van der Waals surface area contributed by atoms with Gasteiger partial charge in [-0.3, -0.25) is 0 Å². The van der Waals surface area contributed by atoms with Gasteiger partial charge in [-0.15, -0.1) is 11.6 Å². The molecule has 0 radical (unpaired) electrons. The Kier molecular flexibility index (Phi) is 5.52. The molecule has 0 saturated carbocycles. The molecule has 0 heterocycles. The summed E-state index contributed by atoms with van der Waals surface area (Å²) in [6.07, 6.45) is 0.390. The molecule has 1 aromatic rings. The van der Waals surface area contributed by atoms with Crippen molar-refractivity contribution in [3.63, 3.8) is 0 Å². The van der Waals surface area contributed by atoms with E-state index in [1.54, 1.807) is 0 Å². The second-order valence-corrected chi connectivity index (χ2v) is 7.65. The molecule has 0 aliphatic rings. The van der Waals surface area contributed by atoms with Crippen molar-refractivity contribution in [1.29, 1.82) is 0 Å². The van der Waals surface area contributed by atoms with E-state index in [0.29, 0.717) is 12.5 Å². The first-order chi connectivity index (χ1) is 9.08. The van der Waals surface area contributed by atoms with Crippen LogP contribution in [0.25, 0.3) is 0 Å². The SMILES string of the molecule is CC(C)(C)C(CCCl)NS(=O)(=O)c1cc(F)ccc1F. The standard InChI is InChI=1S/C13H18ClF2NO2S/c1-13(2,3)12(6-7-14)17-20(18,19)11-8-9(15)4-5-10(11)16/h4-5,8,12,17H,6-7H2,1-3H3. The number of hydrogen-bond donors (Lipinski definition) is 1. The maximum atomic E-state index is 13.6. The van der Waals surface area contributed by atoms with Crippen LogP contribution in [0.1, 0.15) is 27.2 Å². The lowest BCUT2D eigenvalue weighted by Gasteiger charge is -2.30. The lowest BCUT2D eigenvalue weighted by Crippen LogP contribution is -2.44. The molecule has 114 valence electrons. The zero-order valence-electron chi connectivity index (χ0n) is 11.6. The summed E-state index contributed by atoms with van der Waals surface area (Å²) < 4.78 is 53.5. The smallest absolute Gasteiger partial charge is 0.207 e. The van der Waals surface area contributed by atoms with Crippen molar-refractivity contribution < 1.29 is 17.2 Å². The minimum absolute atomic E-state index is 0.260. The molecule has 1 N–H and O–H groups in total. The molecule has 20 heavy (non-hydrogen) atoms. The van der Waals surface area contributed by atoms with Gasteiger partial charge in [0.05, 0.1) is 0 Å². The third-order valence-corrected chi connectivity index (χ3v) is 4.63. The van der Waals surface area contributed by atoms with Crippen molar-refractivity contribution in [3.05, 3.63) is 29.8 Å². The van der Waals surface area contributed by atoms with Crippen LogP contribution in [0, 0.1) is 17.0 Å². The van der Waals surface area contributed by atoms with Crippen molar-refractivity contribution in [1.82, 2.24) is 4.72 Å². The fourth-order valence-corrected chi connectivity index (χ4v) is 3.50. The van der Waals surface area contributed by atoms with Crippen molar-refractivity contribution in [2.45, 2.75) is 38.1 Å². The molecule has 1 unspecified atom stereocenters. The predicted molar refractivity (Wildman–Crippen MR) is 75.3 cm³/mol. The van der Waals surface area contributed by atoms with Gasteiger partial charge in [0.15, 0.2) is 0 Å². The van der Waals surface area contributed by atoms with Gasteiger partial charge in [-0.05, 0) is 30.0 Å². The Labute approximate surface area is 123 Å². The summed E-state index contributed by atoms with van der Waals surface area (Å²) in [7, 11) is -4.14. The van der Waals surface area contributed by atoms with Crippen LogP contribution in [-0.4, -0.2) is 20.3 Å². The second-order valence-electron chi connectivity index (χ2n) is 5.59. The van der Waals surface area contributed by atoms with E-state index in [9.17, 15) is 17.2 Å². The maximum absolute atomic E-state index is 13.6. The molecule has 1 aromatic carbocycles. The van der Waals surface area contributed by atoms with Crippen molar-refractivity contribution >= 4 is 21.6 Å². The fourth-order valence-electron chi connectivity index (χ4n) is 1.71. The Hall–Kier alpha value is -0.720. The Morgan fingerprint density at radius 3 is 2.40 bits per heavy atom. The maximum Gasteiger partial charge on any atom is 0.243 e. The predicted octanol–water partition coefficient (Wildman–Crippen LogP) is 3.29. The minimum atomic E-state index is -4.14. The van der Waals surface area contributed by atoms with Crippen LogP contribution < -0.4 is 4.72 Å². The molecule has 0 aliphatic carbocycles. The first-order valence-corrected chi connectivity index (χ1v) is 8.13. The zero-order valence-corrected chi connectivity index (χ0v) is 13.2. The Morgan fingerprint density at radius 2 is 1.90 bits per heavy atom. The number of nitrogens with one attached hydrogen (secondary N) is 1. The number of benzene rings is 1. The van der Waals surface area contributed by atoms with Gasteiger partial charge in [0.25, 0.3) is 0 Å². The summed E-state index contributed by atoms with van der Waals surface area (Å²) >= 11 is 5.66. The first-order valence-electron chi connectivity index (χ1n) is 6.11. The van der Waals surface area contributed by atoms with Gasteiger partial charge in [-0.25, -0.2) is 21.9 Å². The molecule has 0 aromatic heterocycles. The zero-order chi connectivity index (χ0) is 15.6. The van der Waals surface area contributed by atoms with Crippen LogP contribution in [-0.2, 0) is 10.0 Å². The van der Waals surface area contributed by atoms with Gasteiger partial charge >= 0.3 is 0 Å². The van der Waals surface area contributed by atoms with Crippen molar-refractivity contribution in [3.8, 4) is 0 Å². The fraction of sp³-hybridized carbons (Fsp3) is 0.538. The van der Waals surface area contributed by atoms with Gasteiger partial charge in [-0.2, -0.15) is 0 Å². The van der Waals surface area contributed by atoms with E-state index >= 15 is 0 Å². The van der Waals surface area contributed by atoms with E-state index in [4.69, 9.17) is 11.6 Å². The average molecular weight is 326 g/mol. The normalized spacial score (nSPS) is 14.3. The molecule has 0 aliphatic heterocycles.